The van der Waals surface area contributed by atoms with Crippen LogP contribution in [-0.2, 0) is 0 Å². The lowest BCUT2D eigenvalue weighted by atomic mass is 10.3. The van der Waals surface area contributed by atoms with Gasteiger partial charge < -0.3 is 4.84 Å². The first-order valence-electron chi connectivity index (χ1n) is 5.15. The summed E-state index contributed by atoms with van der Waals surface area (Å²) >= 11 is 1.81. The zero-order valence-electron chi connectivity index (χ0n) is 8.93. The van der Waals surface area contributed by atoms with Crippen LogP contribution in [0.2, 0.25) is 0 Å². The highest BCUT2D eigenvalue weighted by atomic mass is 32.2. The van der Waals surface area contributed by atoms with Gasteiger partial charge in [-0.3, -0.25) is 0 Å². The summed E-state index contributed by atoms with van der Waals surface area (Å²) in [5.41, 5.74) is 0. The van der Waals surface area contributed by atoms with E-state index in [1.54, 1.807) is 11.9 Å². The lowest BCUT2D eigenvalue weighted by molar-refractivity contribution is -0.0766. The van der Waals surface area contributed by atoms with E-state index in [2.05, 4.69) is 10.6 Å². The van der Waals surface area contributed by atoms with Crippen LogP contribution in [0.4, 0.5) is 0 Å². The quantitative estimate of drug-likeness (QED) is 0.728. The van der Waals surface area contributed by atoms with Crippen LogP contribution >= 0.6 is 11.9 Å². The van der Waals surface area contributed by atoms with Crippen LogP contribution in [0.5, 0.6) is 5.75 Å². The summed E-state index contributed by atoms with van der Waals surface area (Å²) in [6.45, 7) is 4.06. The van der Waals surface area contributed by atoms with Gasteiger partial charge in [-0.2, -0.15) is 0 Å². The van der Waals surface area contributed by atoms with Crippen molar-refractivity contribution >= 4 is 11.9 Å². The van der Waals surface area contributed by atoms with Crippen LogP contribution in [0.3, 0.4) is 0 Å². The Kier molecular flexibility index (Phi) is 3.88. The predicted octanol–water partition coefficient (Wildman–Crippen LogP) is 1.88. The molecular weight excluding hydrogens is 208 g/mol. The summed E-state index contributed by atoms with van der Waals surface area (Å²) in [5, 5.41) is 2.03. The molecule has 82 valence electrons. The molecule has 1 fully saturated rings. The number of nitrogens with zero attached hydrogens (tertiary/aromatic N) is 2. The van der Waals surface area contributed by atoms with Gasteiger partial charge in [0.2, 0.25) is 0 Å². The van der Waals surface area contributed by atoms with E-state index in [-0.39, 0.29) is 0 Å². The van der Waals surface area contributed by atoms with Crippen molar-refractivity contribution < 1.29 is 4.84 Å². The van der Waals surface area contributed by atoms with Gasteiger partial charge in [0.15, 0.2) is 0 Å². The number of piperazine rings is 1. The molecule has 4 heteroatoms. The molecule has 0 unspecified atom stereocenters. The van der Waals surface area contributed by atoms with Gasteiger partial charge in [0.05, 0.1) is 0 Å². The Labute approximate surface area is 95.1 Å². The molecule has 0 N–H and O–H groups in total. The van der Waals surface area contributed by atoms with E-state index < -0.39 is 0 Å². The Morgan fingerprint density at radius 1 is 1.07 bits per heavy atom. The molecule has 1 saturated heterocycles. The minimum atomic E-state index is 0.926. The summed E-state index contributed by atoms with van der Waals surface area (Å²) in [5.74, 6) is 0.926. The average Bonchev–Trinajstić information content (AvgIpc) is 2.31. The fourth-order valence-electron chi connectivity index (χ4n) is 1.57. The lowest BCUT2D eigenvalue weighted by Crippen LogP contribution is -2.44. The molecule has 3 nitrogen and oxygen atoms in total. The number of hydrogen-bond acceptors (Lipinski definition) is 4. The standard InChI is InChI=1S/C11H16N2OS/c1-15-13-9-7-12(8-10-13)14-11-5-3-2-4-6-11/h2-6H,7-10H2,1H3. The molecule has 0 spiro atoms. The maximum atomic E-state index is 5.75. The van der Waals surface area contributed by atoms with Crippen molar-refractivity contribution in [2.24, 2.45) is 0 Å². The van der Waals surface area contributed by atoms with Gasteiger partial charge in [-0.05, 0) is 18.4 Å². The molecule has 0 atom stereocenters. The highest BCUT2D eigenvalue weighted by Gasteiger charge is 2.17. The minimum Gasteiger partial charge on any atom is -0.406 e. The number of hydroxylamine groups is 2. The van der Waals surface area contributed by atoms with E-state index in [4.69, 9.17) is 4.84 Å². The third kappa shape index (κ3) is 3.12. The molecule has 15 heavy (non-hydrogen) atoms. The summed E-state index contributed by atoms with van der Waals surface area (Å²) < 4.78 is 2.35. The van der Waals surface area contributed by atoms with Crippen LogP contribution in [0.25, 0.3) is 0 Å². The molecule has 1 aliphatic heterocycles. The van der Waals surface area contributed by atoms with Gasteiger partial charge in [-0.15, -0.1) is 5.06 Å². The van der Waals surface area contributed by atoms with Crippen molar-refractivity contribution in [2.45, 2.75) is 0 Å². The lowest BCUT2D eigenvalue weighted by Gasteiger charge is -2.32. The van der Waals surface area contributed by atoms with Crippen LogP contribution in [-0.4, -0.2) is 41.8 Å². The van der Waals surface area contributed by atoms with Crippen LogP contribution in [0.15, 0.2) is 30.3 Å². The second kappa shape index (κ2) is 5.39. The second-order valence-electron chi connectivity index (χ2n) is 3.44. The molecule has 0 radical (unpaired) electrons. The first kappa shape index (κ1) is 10.8. The molecule has 1 aromatic rings. The van der Waals surface area contributed by atoms with E-state index in [1.807, 2.05) is 35.4 Å². The van der Waals surface area contributed by atoms with Crippen LogP contribution < -0.4 is 4.84 Å². The monoisotopic (exact) mass is 224 g/mol. The van der Waals surface area contributed by atoms with Crippen LogP contribution in [0.1, 0.15) is 0 Å². The topological polar surface area (TPSA) is 15.7 Å². The first-order chi connectivity index (χ1) is 7.38. The Morgan fingerprint density at radius 2 is 1.73 bits per heavy atom. The maximum Gasteiger partial charge on any atom is 0.147 e. The molecular formula is C11H16N2OS. The van der Waals surface area contributed by atoms with Gasteiger partial charge in [-0.25, -0.2) is 4.31 Å². The third-order valence-electron chi connectivity index (χ3n) is 2.43. The van der Waals surface area contributed by atoms with E-state index in [0.29, 0.717) is 0 Å². The molecule has 0 saturated carbocycles. The molecule has 0 aromatic heterocycles. The van der Waals surface area contributed by atoms with Crippen LogP contribution in [0, 0.1) is 0 Å². The Hall–Kier alpha value is -0.710. The van der Waals surface area contributed by atoms with E-state index >= 15 is 0 Å². The van der Waals surface area contributed by atoms with Crippen molar-refractivity contribution in [3.63, 3.8) is 0 Å². The first-order valence-corrected chi connectivity index (χ1v) is 6.33. The Bertz CT molecular complexity index is 286. The normalized spacial score (nSPS) is 19.0. The van der Waals surface area contributed by atoms with E-state index in [1.165, 1.54) is 0 Å². The van der Waals surface area contributed by atoms with Crippen molar-refractivity contribution in [1.29, 1.82) is 0 Å². The van der Waals surface area contributed by atoms with Crippen molar-refractivity contribution in [3.8, 4) is 5.75 Å². The van der Waals surface area contributed by atoms with Crippen molar-refractivity contribution in [2.75, 3.05) is 32.4 Å². The largest absolute Gasteiger partial charge is 0.406 e. The van der Waals surface area contributed by atoms with Gasteiger partial charge in [0.1, 0.15) is 5.75 Å². The molecule has 2 rings (SSSR count). The van der Waals surface area contributed by atoms with Gasteiger partial charge in [0, 0.05) is 26.2 Å². The predicted molar refractivity (Wildman–Crippen MR) is 63.7 cm³/mol. The molecule has 1 aliphatic rings. The van der Waals surface area contributed by atoms with Gasteiger partial charge >= 0.3 is 0 Å². The highest BCUT2D eigenvalue weighted by Crippen LogP contribution is 2.14. The summed E-state index contributed by atoms with van der Waals surface area (Å²) in [6, 6.07) is 9.96. The van der Waals surface area contributed by atoms with Gasteiger partial charge in [0.25, 0.3) is 0 Å². The average molecular weight is 224 g/mol. The number of hydrogen-bond donors (Lipinski definition) is 0. The summed E-state index contributed by atoms with van der Waals surface area (Å²) in [6.07, 6.45) is 2.12. The molecule has 0 bridgehead atoms. The number of benzene rings is 1. The fourth-order valence-corrected chi connectivity index (χ4v) is 2.10. The summed E-state index contributed by atoms with van der Waals surface area (Å²) in [4.78, 5) is 5.75. The third-order valence-corrected chi connectivity index (χ3v) is 3.32. The number of para-hydroxylation sites is 1. The summed E-state index contributed by atoms with van der Waals surface area (Å²) in [7, 11) is 0. The Balaban J connectivity index is 1.82. The maximum absolute atomic E-state index is 5.75. The van der Waals surface area contributed by atoms with Gasteiger partial charge in [-0.1, -0.05) is 30.1 Å². The molecule has 1 aromatic carbocycles. The van der Waals surface area contributed by atoms with E-state index in [9.17, 15) is 0 Å². The smallest absolute Gasteiger partial charge is 0.147 e. The Morgan fingerprint density at radius 3 is 2.33 bits per heavy atom. The molecule has 1 heterocycles. The molecule has 0 amide bonds. The van der Waals surface area contributed by atoms with Crippen molar-refractivity contribution in [1.82, 2.24) is 9.37 Å². The minimum absolute atomic E-state index is 0.926. The van der Waals surface area contributed by atoms with Crippen molar-refractivity contribution in [3.05, 3.63) is 30.3 Å². The second-order valence-corrected chi connectivity index (χ2v) is 4.33. The zero-order valence-corrected chi connectivity index (χ0v) is 9.74. The van der Waals surface area contributed by atoms with E-state index in [0.717, 1.165) is 31.9 Å². The fraction of sp³-hybridized carbons (Fsp3) is 0.455. The molecule has 0 aliphatic carbocycles. The SMILES string of the molecule is CSN1CCN(Oc2ccccc2)CC1. The zero-order chi connectivity index (χ0) is 10.5. The number of rotatable bonds is 3. The highest BCUT2D eigenvalue weighted by molar-refractivity contribution is 7.96.